The number of aryl methyl sites for hydroxylation is 1. The molecule has 3 heteroatoms. The van der Waals surface area contributed by atoms with Crippen LogP contribution in [0.1, 0.15) is 44.6 Å². The summed E-state index contributed by atoms with van der Waals surface area (Å²) < 4.78 is 0. The molecule has 2 rings (SSSR count). The first-order chi connectivity index (χ1) is 9.18. The van der Waals surface area contributed by atoms with Crippen molar-refractivity contribution in [3.8, 4) is 0 Å². The number of nitrogens with two attached hydrogens (primary N) is 1. The number of carbonyl (C=O) groups is 1. The second-order valence-corrected chi connectivity index (χ2v) is 5.48. The molecule has 19 heavy (non-hydrogen) atoms. The Balaban J connectivity index is 1.91. The maximum absolute atomic E-state index is 12.3. The highest BCUT2D eigenvalue weighted by atomic mass is 16.2. The predicted octanol–water partition coefficient (Wildman–Crippen LogP) is 2.99. The summed E-state index contributed by atoms with van der Waals surface area (Å²) >= 11 is 0. The molecule has 1 aromatic carbocycles. The van der Waals surface area contributed by atoms with Crippen molar-refractivity contribution in [1.29, 1.82) is 0 Å². The number of amides is 1. The fourth-order valence-electron chi connectivity index (χ4n) is 2.79. The molecule has 1 heterocycles. The first-order valence-corrected chi connectivity index (χ1v) is 7.31. The van der Waals surface area contributed by atoms with Gasteiger partial charge in [-0.15, -0.1) is 0 Å². The molecule has 1 aromatic rings. The van der Waals surface area contributed by atoms with Crippen molar-refractivity contribution < 1.29 is 4.79 Å². The zero-order valence-electron chi connectivity index (χ0n) is 11.8. The molecule has 0 radical (unpaired) electrons. The van der Waals surface area contributed by atoms with Crippen LogP contribution in [0.2, 0.25) is 0 Å². The van der Waals surface area contributed by atoms with Crippen molar-refractivity contribution >= 4 is 11.6 Å². The molecule has 1 fully saturated rings. The number of hydrogen-bond donors (Lipinski definition) is 1. The molecule has 0 saturated carbocycles. The molecule has 1 aliphatic heterocycles. The van der Waals surface area contributed by atoms with E-state index in [1.807, 2.05) is 24.3 Å². The minimum Gasteiger partial charge on any atom is -0.399 e. The van der Waals surface area contributed by atoms with Crippen LogP contribution in [0.5, 0.6) is 0 Å². The van der Waals surface area contributed by atoms with Crippen molar-refractivity contribution in [3.05, 3.63) is 29.8 Å². The van der Waals surface area contributed by atoms with Gasteiger partial charge < -0.3 is 10.6 Å². The van der Waals surface area contributed by atoms with E-state index in [1.165, 1.54) is 12.8 Å². The quantitative estimate of drug-likeness (QED) is 0.849. The summed E-state index contributed by atoms with van der Waals surface area (Å²) in [6.45, 7) is 3.09. The van der Waals surface area contributed by atoms with Crippen LogP contribution in [0.25, 0.3) is 0 Å². The predicted molar refractivity (Wildman–Crippen MR) is 78.8 cm³/mol. The summed E-state index contributed by atoms with van der Waals surface area (Å²) in [6.07, 6.45) is 6.09. The molecule has 0 spiro atoms. The Labute approximate surface area is 115 Å². The van der Waals surface area contributed by atoms with Gasteiger partial charge in [0, 0.05) is 24.7 Å². The van der Waals surface area contributed by atoms with E-state index in [0.29, 0.717) is 12.5 Å². The van der Waals surface area contributed by atoms with Crippen LogP contribution in [0.4, 0.5) is 5.69 Å². The van der Waals surface area contributed by atoms with Gasteiger partial charge in [-0.05, 0) is 37.8 Å². The van der Waals surface area contributed by atoms with Crippen LogP contribution >= 0.6 is 0 Å². The summed E-state index contributed by atoms with van der Waals surface area (Å²) in [5.74, 6) is 0.276. The normalized spacial score (nSPS) is 20.1. The third kappa shape index (κ3) is 3.72. The maximum atomic E-state index is 12.3. The van der Waals surface area contributed by atoms with E-state index < -0.39 is 0 Å². The Bertz CT molecular complexity index is 431. The van der Waals surface area contributed by atoms with Crippen LogP contribution in [-0.4, -0.2) is 23.4 Å². The molecule has 1 saturated heterocycles. The largest absolute Gasteiger partial charge is 0.399 e. The van der Waals surface area contributed by atoms with Crippen LogP contribution in [0.3, 0.4) is 0 Å². The molecule has 2 N–H and O–H groups in total. The van der Waals surface area contributed by atoms with E-state index in [9.17, 15) is 4.79 Å². The molecular weight excluding hydrogens is 236 g/mol. The average molecular weight is 260 g/mol. The highest BCUT2D eigenvalue weighted by Gasteiger charge is 2.21. The van der Waals surface area contributed by atoms with Gasteiger partial charge in [-0.2, -0.15) is 0 Å². The highest BCUT2D eigenvalue weighted by Crippen LogP contribution is 2.19. The lowest BCUT2D eigenvalue weighted by molar-refractivity contribution is -0.133. The highest BCUT2D eigenvalue weighted by molar-refractivity contribution is 5.77. The van der Waals surface area contributed by atoms with E-state index in [4.69, 9.17) is 5.73 Å². The van der Waals surface area contributed by atoms with Crippen LogP contribution in [-0.2, 0) is 11.2 Å². The standard InChI is InChI=1S/C16H24N2O/c1-13-7-3-2-6-12-18(13)16(19)11-10-14-8-4-5-9-15(14)17/h4-5,8-9,13H,2-3,6-7,10-12,17H2,1H3. The van der Waals surface area contributed by atoms with Crippen LogP contribution in [0.15, 0.2) is 24.3 Å². The Kier molecular flexibility index (Phi) is 4.83. The van der Waals surface area contributed by atoms with Gasteiger partial charge in [-0.1, -0.05) is 31.0 Å². The Hall–Kier alpha value is -1.51. The number of hydrogen-bond acceptors (Lipinski definition) is 2. The first kappa shape index (κ1) is 13.9. The van der Waals surface area contributed by atoms with Crippen molar-refractivity contribution in [2.24, 2.45) is 0 Å². The van der Waals surface area contributed by atoms with Gasteiger partial charge >= 0.3 is 0 Å². The van der Waals surface area contributed by atoms with Gasteiger partial charge in [0.15, 0.2) is 0 Å². The number of likely N-dealkylation sites (tertiary alicyclic amines) is 1. The molecule has 104 valence electrons. The average Bonchev–Trinajstić information content (AvgIpc) is 2.62. The fourth-order valence-corrected chi connectivity index (χ4v) is 2.79. The number of nitrogen functional groups attached to an aromatic ring is 1. The fraction of sp³-hybridized carbons (Fsp3) is 0.562. The summed E-state index contributed by atoms with van der Waals surface area (Å²) in [5.41, 5.74) is 7.79. The summed E-state index contributed by atoms with van der Waals surface area (Å²) in [5, 5.41) is 0. The number of para-hydroxylation sites is 1. The summed E-state index contributed by atoms with van der Waals surface area (Å²) in [4.78, 5) is 14.4. The number of rotatable bonds is 3. The van der Waals surface area contributed by atoms with E-state index in [0.717, 1.165) is 37.1 Å². The van der Waals surface area contributed by atoms with E-state index >= 15 is 0 Å². The number of benzene rings is 1. The number of anilines is 1. The lowest BCUT2D eigenvalue weighted by Crippen LogP contribution is -2.38. The van der Waals surface area contributed by atoms with Gasteiger partial charge in [-0.3, -0.25) is 4.79 Å². The lowest BCUT2D eigenvalue weighted by Gasteiger charge is -2.27. The molecule has 1 unspecified atom stereocenters. The monoisotopic (exact) mass is 260 g/mol. The van der Waals surface area contributed by atoms with Crippen molar-refractivity contribution in [2.45, 2.75) is 51.5 Å². The number of nitrogens with zero attached hydrogens (tertiary/aromatic N) is 1. The van der Waals surface area contributed by atoms with E-state index in [-0.39, 0.29) is 5.91 Å². The molecule has 3 nitrogen and oxygen atoms in total. The van der Waals surface area contributed by atoms with Gasteiger partial charge in [0.25, 0.3) is 0 Å². The second kappa shape index (κ2) is 6.60. The molecular formula is C16H24N2O. The summed E-state index contributed by atoms with van der Waals surface area (Å²) in [7, 11) is 0. The van der Waals surface area contributed by atoms with E-state index in [1.54, 1.807) is 0 Å². The van der Waals surface area contributed by atoms with Gasteiger partial charge in [0.2, 0.25) is 5.91 Å². The number of carbonyl (C=O) groups excluding carboxylic acids is 1. The third-order valence-corrected chi connectivity index (χ3v) is 4.04. The van der Waals surface area contributed by atoms with Crippen LogP contribution in [0, 0.1) is 0 Å². The third-order valence-electron chi connectivity index (χ3n) is 4.04. The smallest absolute Gasteiger partial charge is 0.223 e. The lowest BCUT2D eigenvalue weighted by atomic mass is 10.1. The topological polar surface area (TPSA) is 46.3 Å². The zero-order valence-corrected chi connectivity index (χ0v) is 11.8. The SMILES string of the molecule is CC1CCCCCN1C(=O)CCc1ccccc1N. The molecule has 0 aromatic heterocycles. The van der Waals surface area contributed by atoms with Crippen molar-refractivity contribution in [2.75, 3.05) is 12.3 Å². The molecule has 1 atom stereocenters. The zero-order chi connectivity index (χ0) is 13.7. The van der Waals surface area contributed by atoms with Gasteiger partial charge in [0.05, 0.1) is 0 Å². The Morgan fingerprint density at radius 1 is 1.32 bits per heavy atom. The second-order valence-electron chi connectivity index (χ2n) is 5.48. The minimum atomic E-state index is 0.276. The van der Waals surface area contributed by atoms with Gasteiger partial charge in [-0.25, -0.2) is 0 Å². The van der Waals surface area contributed by atoms with Crippen LogP contribution < -0.4 is 5.73 Å². The Morgan fingerprint density at radius 3 is 2.89 bits per heavy atom. The first-order valence-electron chi connectivity index (χ1n) is 7.31. The van der Waals surface area contributed by atoms with Crippen molar-refractivity contribution in [3.63, 3.8) is 0 Å². The molecule has 0 bridgehead atoms. The van der Waals surface area contributed by atoms with E-state index in [2.05, 4.69) is 11.8 Å². The molecule has 0 aliphatic carbocycles. The minimum absolute atomic E-state index is 0.276. The van der Waals surface area contributed by atoms with Crippen molar-refractivity contribution in [1.82, 2.24) is 4.90 Å². The van der Waals surface area contributed by atoms with Gasteiger partial charge in [0.1, 0.15) is 0 Å². The molecule has 1 amide bonds. The summed E-state index contributed by atoms with van der Waals surface area (Å²) in [6, 6.07) is 8.20. The Morgan fingerprint density at radius 2 is 2.11 bits per heavy atom. The maximum Gasteiger partial charge on any atom is 0.223 e. The molecule has 1 aliphatic rings.